The van der Waals surface area contributed by atoms with Crippen molar-refractivity contribution in [3.8, 4) is 5.69 Å². The summed E-state index contributed by atoms with van der Waals surface area (Å²) < 4.78 is 41.5. The first-order chi connectivity index (χ1) is 12.8. The van der Waals surface area contributed by atoms with E-state index >= 15 is 0 Å². The monoisotopic (exact) mass is 376 g/mol. The molecule has 1 amide bonds. The molecule has 0 atom stereocenters. The Bertz CT molecular complexity index is 1040. The van der Waals surface area contributed by atoms with Crippen molar-refractivity contribution in [2.75, 3.05) is 4.90 Å². The lowest BCUT2D eigenvalue weighted by molar-refractivity contribution is 0.245. The van der Waals surface area contributed by atoms with E-state index in [1.54, 1.807) is 13.8 Å². The Labute approximate surface area is 152 Å². The Morgan fingerprint density at radius 1 is 1.04 bits per heavy atom. The maximum Gasteiger partial charge on any atom is 0.358 e. The van der Waals surface area contributed by atoms with Crippen molar-refractivity contribution in [2.24, 2.45) is 0 Å². The predicted octanol–water partition coefficient (Wildman–Crippen LogP) is 3.33. The van der Waals surface area contributed by atoms with Crippen molar-refractivity contribution >= 4 is 11.7 Å². The van der Waals surface area contributed by atoms with Gasteiger partial charge in [0, 0.05) is 17.8 Å². The third kappa shape index (κ3) is 3.48. The molecule has 9 heteroatoms. The van der Waals surface area contributed by atoms with Gasteiger partial charge >= 0.3 is 11.7 Å². The fourth-order valence-corrected chi connectivity index (χ4v) is 2.60. The summed E-state index contributed by atoms with van der Waals surface area (Å²) in [5, 5.41) is 3.74. The van der Waals surface area contributed by atoms with Gasteiger partial charge in [-0.1, -0.05) is 0 Å². The standard InChI is InChI=1S/C18H15F3N4O2/c1-11(2)24(14-6-3-12(19)4-7-14)17(26)23-10-22-25(18(23)27)16-8-5-13(20)9-15(16)21/h3-11H,1-2H3. The largest absolute Gasteiger partial charge is 0.358 e. The number of aromatic nitrogens is 3. The van der Waals surface area contributed by atoms with Crippen LogP contribution in [0.3, 0.4) is 0 Å². The van der Waals surface area contributed by atoms with Crippen molar-refractivity contribution < 1.29 is 18.0 Å². The molecule has 0 saturated heterocycles. The number of carbonyl (C=O) groups excluding carboxylic acids is 1. The summed E-state index contributed by atoms with van der Waals surface area (Å²) in [7, 11) is 0. The summed E-state index contributed by atoms with van der Waals surface area (Å²) in [5.74, 6) is -2.26. The Morgan fingerprint density at radius 2 is 1.67 bits per heavy atom. The Balaban J connectivity index is 2.03. The van der Waals surface area contributed by atoms with Crippen LogP contribution >= 0.6 is 0 Å². The molecule has 27 heavy (non-hydrogen) atoms. The Hall–Kier alpha value is -3.36. The van der Waals surface area contributed by atoms with Gasteiger partial charge in [-0.3, -0.25) is 4.90 Å². The van der Waals surface area contributed by atoms with Gasteiger partial charge in [0.05, 0.1) is 0 Å². The van der Waals surface area contributed by atoms with E-state index in [-0.39, 0.29) is 11.7 Å². The van der Waals surface area contributed by atoms with Gasteiger partial charge in [-0.25, -0.2) is 22.8 Å². The van der Waals surface area contributed by atoms with Crippen LogP contribution in [-0.4, -0.2) is 26.4 Å². The van der Waals surface area contributed by atoms with Gasteiger partial charge < -0.3 is 0 Å². The highest BCUT2D eigenvalue weighted by atomic mass is 19.1. The highest BCUT2D eigenvalue weighted by Crippen LogP contribution is 2.19. The molecule has 2 aromatic carbocycles. The molecule has 0 spiro atoms. The van der Waals surface area contributed by atoms with E-state index in [0.29, 0.717) is 21.0 Å². The number of amides is 1. The number of nitrogens with zero attached hydrogens (tertiary/aromatic N) is 4. The summed E-state index contributed by atoms with van der Waals surface area (Å²) in [5.41, 5.74) is -0.826. The van der Waals surface area contributed by atoms with Crippen molar-refractivity contribution in [1.29, 1.82) is 0 Å². The summed E-state index contributed by atoms with van der Waals surface area (Å²) in [4.78, 5) is 26.7. The summed E-state index contributed by atoms with van der Waals surface area (Å²) in [6.07, 6.45) is 0.951. The average Bonchev–Trinajstić information content (AvgIpc) is 2.98. The van der Waals surface area contributed by atoms with Gasteiger partial charge in [0.25, 0.3) is 0 Å². The number of hydrogen-bond acceptors (Lipinski definition) is 3. The first kappa shape index (κ1) is 18.4. The van der Waals surface area contributed by atoms with Crippen molar-refractivity contribution in [3.05, 3.63) is 76.7 Å². The van der Waals surface area contributed by atoms with Crippen LogP contribution in [0.25, 0.3) is 5.69 Å². The lowest BCUT2D eigenvalue weighted by atomic mass is 10.2. The quantitative estimate of drug-likeness (QED) is 0.705. The van der Waals surface area contributed by atoms with Crippen molar-refractivity contribution in [1.82, 2.24) is 14.3 Å². The molecule has 0 aliphatic carbocycles. The Kier molecular flexibility index (Phi) is 4.85. The fourth-order valence-electron chi connectivity index (χ4n) is 2.60. The molecule has 0 bridgehead atoms. The van der Waals surface area contributed by atoms with E-state index < -0.39 is 29.2 Å². The molecule has 3 rings (SSSR count). The van der Waals surface area contributed by atoms with Crippen molar-refractivity contribution in [3.63, 3.8) is 0 Å². The third-order valence-electron chi connectivity index (χ3n) is 3.84. The highest BCUT2D eigenvalue weighted by molar-refractivity contribution is 5.93. The smallest absolute Gasteiger partial charge is 0.291 e. The van der Waals surface area contributed by atoms with Gasteiger partial charge in [-0.15, -0.1) is 0 Å². The molecule has 140 valence electrons. The van der Waals surface area contributed by atoms with E-state index in [0.717, 1.165) is 18.5 Å². The summed E-state index contributed by atoms with van der Waals surface area (Å²) in [6.45, 7) is 3.44. The Morgan fingerprint density at radius 3 is 2.26 bits per heavy atom. The van der Waals surface area contributed by atoms with Crippen LogP contribution in [0.2, 0.25) is 0 Å². The fraction of sp³-hybridized carbons (Fsp3) is 0.167. The summed E-state index contributed by atoms with van der Waals surface area (Å²) >= 11 is 0. The van der Waals surface area contributed by atoms with Crippen LogP contribution in [0.5, 0.6) is 0 Å². The number of rotatable bonds is 3. The lowest BCUT2D eigenvalue weighted by Gasteiger charge is -2.26. The summed E-state index contributed by atoms with van der Waals surface area (Å²) in [6, 6.07) is 6.73. The second-order valence-electron chi connectivity index (χ2n) is 6.01. The van der Waals surface area contributed by atoms with Crippen LogP contribution in [0.4, 0.5) is 23.7 Å². The van der Waals surface area contributed by atoms with E-state index in [4.69, 9.17) is 0 Å². The highest BCUT2D eigenvalue weighted by Gasteiger charge is 2.24. The molecule has 0 saturated carbocycles. The average molecular weight is 376 g/mol. The van der Waals surface area contributed by atoms with Crippen LogP contribution in [-0.2, 0) is 0 Å². The minimum atomic E-state index is -0.992. The molecular formula is C18H15F3N4O2. The van der Waals surface area contributed by atoms with Crippen molar-refractivity contribution in [2.45, 2.75) is 19.9 Å². The zero-order chi connectivity index (χ0) is 19.7. The van der Waals surface area contributed by atoms with Gasteiger partial charge in [-0.2, -0.15) is 14.3 Å². The minimum absolute atomic E-state index is 0.286. The van der Waals surface area contributed by atoms with E-state index in [1.807, 2.05) is 0 Å². The first-order valence-corrected chi connectivity index (χ1v) is 8.01. The van der Waals surface area contributed by atoms with Crippen LogP contribution < -0.4 is 10.6 Å². The molecule has 1 aromatic heterocycles. The van der Waals surface area contributed by atoms with Gasteiger partial charge in [0.1, 0.15) is 23.6 Å². The molecule has 0 unspecified atom stereocenters. The third-order valence-corrected chi connectivity index (χ3v) is 3.84. The number of benzene rings is 2. The molecule has 0 fully saturated rings. The maximum absolute atomic E-state index is 13.9. The predicted molar refractivity (Wildman–Crippen MR) is 92.5 cm³/mol. The number of hydrogen-bond donors (Lipinski definition) is 0. The van der Waals surface area contributed by atoms with Crippen LogP contribution in [0.1, 0.15) is 13.8 Å². The van der Waals surface area contributed by atoms with Gasteiger partial charge in [0.2, 0.25) is 0 Å². The number of carbonyl (C=O) groups is 1. The van der Waals surface area contributed by atoms with E-state index in [2.05, 4.69) is 5.10 Å². The zero-order valence-corrected chi connectivity index (χ0v) is 14.4. The minimum Gasteiger partial charge on any atom is -0.291 e. The molecule has 0 N–H and O–H groups in total. The number of halogens is 3. The van der Waals surface area contributed by atoms with Gasteiger partial charge in [-0.05, 0) is 50.2 Å². The molecule has 3 aromatic rings. The molecule has 6 nitrogen and oxygen atoms in total. The second kappa shape index (κ2) is 7.10. The van der Waals surface area contributed by atoms with Crippen LogP contribution in [0.15, 0.2) is 53.6 Å². The second-order valence-corrected chi connectivity index (χ2v) is 6.01. The van der Waals surface area contributed by atoms with Gasteiger partial charge in [0.15, 0.2) is 5.82 Å². The zero-order valence-electron chi connectivity index (χ0n) is 14.4. The van der Waals surface area contributed by atoms with E-state index in [1.165, 1.54) is 29.2 Å². The molecular weight excluding hydrogens is 361 g/mol. The molecule has 0 aliphatic heterocycles. The molecule has 0 aliphatic rings. The topological polar surface area (TPSA) is 60.1 Å². The SMILES string of the molecule is CC(C)N(C(=O)n1cnn(-c2ccc(F)cc2F)c1=O)c1ccc(F)cc1. The molecule has 0 radical (unpaired) electrons. The number of anilines is 1. The van der Waals surface area contributed by atoms with Crippen LogP contribution in [0, 0.1) is 17.5 Å². The normalized spacial score (nSPS) is 11.0. The lowest BCUT2D eigenvalue weighted by Crippen LogP contribution is -2.43. The maximum atomic E-state index is 13.9. The van der Waals surface area contributed by atoms with E-state index in [9.17, 15) is 22.8 Å². The first-order valence-electron chi connectivity index (χ1n) is 8.01. The molecule has 1 heterocycles.